The zero-order valence-electron chi connectivity index (χ0n) is 16.8. The average molecular weight is 367 g/mol. The van der Waals surface area contributed by atoms with Crippen molar-refractivity contribution in [2.45, 2.75) is 64.9 Å². The van der Waals surface area contributed by atoms with Crippen molar-refractivity contribution in [2.24, 2.45) is 0 Å². The highest BCUT2D eigenvalue weighted by Gasteiger charge is 2.22. The van der Waals surface area contributed by atoms with E-state index in [2.05, 4.69) is 6.92 Å². The zero-order valence-corrected chi connectivity index (χ0v) is 16.8. The van der Waals surface area contributed by atoms with Crippen molar-refractivity contribution in [2.75, 3.05) is 27.7 Å². The van der Waals surface area contributed by atoms with E-state index in [4.69, 9.17) is 9.15 Å². The minimum absolute atomic E-state index is 0.170. The maximum Gasteiger partial charge on any atom is 0.306 e. The summed E-state index contributed by atoms with van der Waals surface area (Å²) in [6.45, 7) is 4.56. The molecule has 1 unspecified atom stereocenters. The van der Waals surface area contributed by atoms with Crippen LogP contribution in [0.4, 0.5) is 0 Å². The number of hydrogen-bond acceptors (Lipinski definition) is 5. The molecule has 0 fully saturated rings. The highest BCUT2D eigenvalue weighted by atomic mass is 16.5. The Balaban J connectivity index is 2.54. The lowest BCUT2D eigenvalue weighted by Gasteiger charge is -2.29. The third-order valence-electron chi connectivity index (χ3n) is 4.10. The fraction of sp³-hybridized carbons (Fsp3) is 0.700. The number of carbonyl (C=O) groups is 2. The summed E-state index contributed by atoms with van der Waals surface area (Å²) in [7, 11) is 5.76. The van der Waals surface area contributed by atoms with Gasteiger partial charge in [-0.25, -0.2) is 0 Å². The first-order chi connectivity index (χ1) is 12.1. The van der Waals surface area contributed by atoms with Crippen LogP contribution in [-0.4, -0.2) is 50.2 Å². The van der Waals surface area contributed by atoms with Crippen LogP contribution < -0.4 is 5.11 Å². The number of rotatable bonds is 12. The molecule has 0 N–H and O–H groups in total. The maximum absolute atomic E-state index is 12.1. The second-order valence-electron chi connectivity index (χ2n) is 7.94. The predicted octanol–water partition coefficient (Wildman–Crippen LogP) is 2.01. The number of esters is 1. The lowest BCUT2D eigenvalue weighted by molar-refractivity contribution is -0.873. The number of nitrogens with zero attached hydrogens (tertiary/aromatic N) is 1. The van der Waals surface area contributed by atoms with Gasteiger partial charge in [-0.2, -0.15) is 0 Å². The number of hydrogen-bond donors (Lipinski definition) is 0. The van der Waals surface area contributed by atoms with Crippen LogP contribution in [0.5, 0.6) is 0 Å². The number of aryl methyl sites for hydroxylation is 3. The third-order valence-corrected chi connectivity index (χ3v) is 4.10. The molecule has 0 aliphatic heterocycles. The van der Waals surface area contributed by atoms with Gasteiger partial charge >= 0.3 is 5.97 Å². The molecule has 0 amide bonds. The number of carboxylic acid groups (broad SMARTS) is 1. The lowest BCUT2D eigenvalue weighted by atomic mass is 10.1. The standard InChI is InChI=1S/C20H33NO5/c1-6-7-8-9-16-12-15(2)18(25-16)10-11-20(24)26-17(13-19(22)23)14-21(3,4)5/h12,17H,6-11,13-14H2,1-5H3. The molecule has 0 saturated carbocycles. The fourth-order valence-corrected chi connectivity index (χ4v) is 2.91. The summed E-state index contributed by atoms with van der Waals surface area (Å²) < 4.78 is 11.7. The summed E-state index contributed by atoms with van der Waals surface area (Å²) in [6, 6.07) is 2.03. The van der Waals surface area contributed by atoms with Crippen molar-refractivity contribution in [3.05, 3.63) is 23.2 Å². The molecule has 1 aromatic rings. The molecule has 0 aliphatic carbocycles. The van der Waals surface area contributed by atoms with Gasteiger partial charge in [-0.05, 0) is 25.0 Å². The van der Waals surface area contributed by atoms with Crippen molar-refractivity contribution in [3.8, 4) is 0 Å². The highest BCUT2D eigenvalue weighted by molar-refractivity contribution is 5.71. The summed E-state index contributed by atoms with van der Waals surface area (Å²) in [5.41, 5.74) is 1.04. The van der Waals surface area contributed by atoms with Crippen molar-refractivity contribution in [3.63, 3.8) is 0 Å². The number of likely N-dealkylation sites (N-methyl/N-ethyl adjacent to an activating group) is 1. The highest BCUT2D eigenvalue weighted by Crippen LogP contribution is 2.19. The minimum Gasteiger partial charge on any atom is -0.550 e. The van der Waals surface area contributed by atoms with Crippen LogP contribution in [-0.2, 0) is 27.2 Å². The van der Waals surface area contributed by atoms with E-state index >= 15 is 0 Å². The predicted molar refractivity (Wildman–Crippen MR) is 97.4 cm³/mol. The van der Waals surface area contributed by atoms with Gasteiger partial charge in [-0.15, -0.1) is 0 Å². The number of quaternary nitrogens is 1. The van der Waals surface area contributed by atoms with Crippen LogP contribution in [0.3, 0.4) is 0 Å². The second-order valence-corrected chi connectivity index (χ2v) is 7.94. The van der Waals surface area contributed by atoms with Gasteiger partial charge in [-0.1, -0.05) is 19.8 Å². The van der Waals surface area contributed by atoms with E-state index in [-0.39, 0.29) is 12.8 Å². The molecule has 1 aromatic heterocycles. The molecule has 148 valence electrons. The summed E-state index contributed by atoms with van der Waals surface area (Å²) in [5, 5.41) is 10.9. The number of ether oxygens (including phenoxy) is 1. The molecule has 0 bridgehead atoms. The number of furan rings is 1. The average Bonchev–Trinajstić information content (AvgIpc) is 2.83. The van der Waals surface area contributed by atoms with Crippen LogP contribution in [0.1, 0.15) is 56.1 Å². The molecule has 0 saturated heterocycles. The Labute approximate surface area is 156 Å². The first kappa shape index (κ1) is 22.2. The minimum atomic E-state index is -1.21. The Kier molecular flexibility index (Phi) is 8.85. The first-order valence-corrected chi connectivity index (χ1v) is 9.38. The number of aliphatic carboxylic acids is 1. The van der Waals surface area contributed by atoms with Gasteiger partial charge in [0.15, 0.2) is 6.10 Å². The fourth-order valence-electron chi connectivity index (χ4n) is 2.91. The molecule has 0 spiro atoms. The molecular weight excluding hydrogens is 334 g/mol. The van der Waals surface area contributed by atoms with Crippen LogP contribution in [0.15, 0.2) is 10.5 Å². The van der Waals surface area contributed by atoms with E-state index < -0.39 is 18.0 Å². The summed E-state index contributed by atoms with van der Waals surface area (Å²) >= 11 is 0. The first-order valence-electron chi connectivity index (χ1n) is 9.38. The quantitative estimate of drug-likeness (QED) is 0.321. The molecule has 26 heavy (non-hydrogen) atoms. The van der Waals surface area contributed by atoms with Gasteiger partial charge in [0.2, 0.25) is 0 Å². The number of carbonyl (C=O) groups excluding carboxylic acids is 2. The molecule has 0 aromatic carbocycles. The van der Waals surface area contributed by atoms with Crippen LogP contribution in [0.25, 0.3) is 0 Å². The van der Waals surface area contributed by atoms with Crippen LogP contribution in [0, 0.1) is 6.92 Å². The molecule has 6 heteroatoms. The molecule has 1 atom stereocenters. The van der Waals surface area contributed by atoms with Gasteiger partial charge in [0.05, 0.1) is 27.6 Å². The van der Waals surface area contributed by atoms with E-state index in [0.29, 0.717) is 17.4 Å². The van der Waals surface area contributed by atoms with Gasteiger partial charge in [0, 0.05) is 25.2 Å². The van der Waals surface area contributed by atoms with Gasteiger partial charge in [0.25, 0.3) is 0 Å². The summed E-state index contributed by atoms with van der Waals surface area (Å²) in [4.78, 5) is 23.0. The summed E-state index contributed by atoms with van der Waals surface area (Å²) in [6.07, 6.45) is 4.01. The monoisotopic (exact) mass is 367 g/mol. The maximum atomic E-state index is 12.1. The molecular formula is C20H33NO5. The van der Waals surface area contributed by atoms with Crippen LogP contribution >= 0.6 is 0 Å². The normalized spacial score (nSPS) is 12.8. The summed E-state index contributed by atoms with van der Waals surface area (Å²) in [5.74, 6) is 0.138. The van der Waals surface area contributed by atoms with Crippen molar-refractivity contribution >= 4 is 11.9 Å². The van der Waals surface area contributed by atoms with E-state index in [1.807, 2.05) is 34.1 Å². The number of unbranched alkanes of at least 4 members (excludes halogenated alkanes) is 2. The zero-order chi connectivity index (χ0) is 19.7. The van der Waals surface area contributed by atoms with Crippen molar-refractivity contribution in [1.82, 2.24) is 0 Å². The Hall–Kier alpha value is -1.82. The van der Waals surface area contributed by atoms with Crippen molar-refractivity contribution in [1.29, 1.82) is 0 Å². The Morgan fingerprint density at radius 3 is 2.50 bits per heavy atom. The lowest BCUT2D eigenvalue weighted by Crippen LogP contribution is -2.45. The Morgan fingerprint density at radius 1 is 1.23 bits per heavy atom. The molecule has 0 aliphatic rings. The van der Waals surface area contributed by atoms with Crippen LogP contribution in [0.2, 0.25) is 0 Å². The Bertz CT molecular complexity index is 586. The molecule has 6 nitrogen and oxygen atoms in total. The van der Waals surface area contributed by atoms with E-state index in [9.17, 15) is 14.7 Å². The molecule has 0 radical (unpaired) electrons. The second kappa shape index (κ2) is 10.4. The largest absolute Gasteiger partial charge is 0.550 e. The SMILES string of the molecule is CCCCCc1cc(C)c(CCC(=O)OC(CC(=O)[O-])C[N+](C)(C)C)o1. The van der Waals surface area contributed by atoms with Gasteiger partial charge in [-0.3, -0.25) is 4.79 Å². The Morgan fingerprint density at radius 2 is 1.92 bits per heavy atom. The number of carboxylic acids is 1. The van der Waals surface area contributed by atoms with Gasteiger partial charge in [0.1, 0.15) is 18.1 Å². The topological polar surface area (TPSA) is 79.6 Å². The van der Waals surface area contributed by atoms with E-state index in [0.717, 1.165) is 29.9 Å². The van der Waals surface area contributed by atoms with E-state index in [1.54, 1.807) is 0 Å². The van der Waals surface area contributed by atoms with Crippen molar-refractivity contribution < 1.29 is 28.3 Å². The third kappa shape index (κ3) is 9.04. The molecule has 1 heterocycles. The van der Waals surface area contributed by atoms with Gasteiger partial charge < -0.3 is 23.5 Å². The smallest absolute Gasteiger partial charge is 0.306 e. The molecule has 1 rings (SSSR count). The van der Waals surface area contributed by atoms with E-state index in [1.165, 1.54) is 12.8 Å².